The minimum absolute atomic E-state index is 0.0357. The quantitative estimate of drug-likeness (QED) is 0.747. The molecule has 1 aromatic carbocycles. The third kappa shape index (κ3) is 4.56. The lowest BCUT2D eigenvalue weighted by molar-refractivity contribution is 0.0951. The lowest BCUT2D eigenvalue weighted by Gasteiger charge is -2.11. The van der Waals surface area contributed by atoms with Gasteiger partial charge in [-0.25, -0.2) is 13.1 Å². The largest absolute Gasteiger partial charge is 0.496 e. The zero-order valence-electron chi connectivity index (χ0n) is 13.5. The van der Waals surface area contributed by atoms with Crippen molar-refractivity contribution in [1.29, 1.82) is 0 Å². The third-order valence-electron chi connectivity index (χ3n) is 3.30. The fourth-order valence-electron chi connectivity index (χ4n) is 2.15. The Labute approximate surface area is 145 Å². The van der Waals surface area contributed by atoms with Crippen LogP contribution in [0.2, 0.25) is 0 Å². The summed E-state index contributed by atoms with van der Waals surface area (Å²) in [4.78, 5) is 13.6. The van der Waals surface area contributed by atoms with E-state index in [1.165, 1.54) is 30.2 Å². The van der Waals surface area contributed by atoms with E-state index in [9.17, 15) is 13.2 Å². The predicted octanol–water partition coefficient (Wildman–Crippen LogP) is 2.03. The first-order chi connectivity index (χ1) is 11.5. The van der Waals surface area contributed by atoms with Crippen molar-refractivity contribution >= 4 is 27.3 Å². The van der Waals surface area contributed by atoms with Gasteiger partial charge in [-0.3, -0.25) is 4.79 Å². The van der Waals surface area contributed by atoms with Crippen molar-refractivity contribution in [3.8, 4) is 5.75 Å². The van der Waals surface area contributed by atoms with E-state index in [-0.39, 0.29) is 22.9 Å². The smallest absolute Gasteiger partial charge is 0.255 e. The van der Waals surface area contributed by atoms with Crippen LogP contribution in [0.4, 0.5) is 0 Å². The second-order valence-corrected chi connectivity index (χ2v) is 7.75. The van der Waals surface area contributed by atoms with Gasteiger partial charge in [-0.1, -0.05) is 13.0 Å². The number of hydrogen-bond donors (Lipinski definition) is 2. The normalized spacial score (nSPS) is 11.2. The number of hydrogen-bond acceptors (Lipinski definition) is 5. The van der Waals surface area contributed by atoms with Crippen LogP contribution in [0.15, 0.2) is 40.6 Å². The zero-order chi connectivity index (χ0) is 17.6. The summed E-state index contributed by atoms with van der Waals surface area (Å²) in [6.07, 6.45) is 0.723. The van der Waals surface area contributed by atoms with Gasteiger partial charge < -0.3 is 10.1 Å². The lowest BCUT2D eigenvalue weighted by atomic mass is 10.2. The molecular formula is C16H20N2O4S2. The lowest BCUT2D eigenvalue weighted by Crippen LogP contribution is -2.27. The molecule has 0 saturated heterocycles. The first-order valence-electron chi connectivity index (χ1n) is 7.46. The summed E-state index contributed by atoms with van der Waals surface area (Å²) < 4.78 is 31.8. The van der Waals surface area contributed by atoms with Crippen LogP contribution in [0, 0.1) is 0 Å². The number of rotatable bonds is 8. The molecule has 0 aliphatic carbocycles. The van der Waals surface area contributed by atoms with Crippen molar-refractivity contribution in [1.82, 2.24) is 10.0 Å². The second kappa shape index (κ2) is 8.27. The molecule has 24 heavy (non-hydrogen) atoms. The van der Waals surface area contributed by atoms with Crippen LogP contribution in [0.25, 0.3) is 0 Å². The summed E-state index contributed by atoms with van der Waals surface area (Å²) in [7, 11) is -2.19. The van der Waals surface area contributed by atoms with E-state index in [1.54, 1.807) is 18.3 Å². The number of sulfonamides is 1. The second-order valence-electron chi connectivity index (χ2n) is 4.95. The first-order valence-corrected chi connectivity index (χ1v) is 9.82. The number of carbonyl (C=O) groups is 1. The maximum absolute atomic E-state index is 12.4. The molecular weight excluding hydrogens is 348 g/mol. The Balaban J connectivity index is 2.15. The van der Waals surface area contributed by atoms with Crippen LogP contribution in [0.1, 0.15) is 22.2 Å². The maximum atomic E-state index is 12.4. The van der Waals surface area contributed by atoms with E-state index in [4.69, 9.17) is 4.74 Å². The van der Waals surface area contributed by atoms with Crippen LogP contribution in [-0.4, -0.2) is 34.5 Å². The van der Waals surface area contributed by atoms with Gasteiger partial charge in [-0.05, 0) is 36.1 Å². The SMILES string of the molecule is CCNS(=O)(=O)c1ccc(OC)c(C(=O)NCCc2cccs2)c1. The molecule has 0 aliphatic heterocycles. The molecule has 8 heteroatoms. The van der Waals surface area contributed by atoms with Gasteiger partial charge in [0.05, 0.1) is 17.6 Å². The zero-order valence-corrected chi connectivity index (χ0v) is 15.2. The maximum Gasteiger partial charge on any atom is 0.255 e. The molecule has 130 valence electrons. The van der Waals surface area contributed by atoms with Crippen molar-refractivity contribution in [3.05, 3.63) is 46.2 Å². The summed E-state index contributed by atoms with van der Waals surface area (Å²) in [5, 5.41) is 4.78. The van der Waals surface area contributed by atoms with Crippen LogP contribution in [0.5, 0.6) is 5.75 Å². The van der Waals surface area contributed by atoms with Gasteiger partial charge in [0.25, 0.3) is 5.91 Å². The van der Waals surface area contributed by atoms with Crippen LogP contribution in [-0.2, 0) is 16.4 Å². The molecule has 2 N–H and O–H groups in total. The highest BCUT2D eigenvalue weighted by atomic mass is 32.2. The highest BCUT2D eigenvalue weighted by molar-refractivity contribution is 7.89. The molecule has 0 radical (unpaired) electrons. The van der Waals surface area contributed by atoms with E-state index in [2.05, 4.69) is 10.0 Å². The van der Waals surface area contributed by atoms with Gasteiger partial charge in [0, 0.05) is 18.0 Å². The van der Waals surface area contributed by atoms with Crippen molar-refractivity contribution in [2.75, 3.05) is 20.2 Å². The molecule has 0 atom stereocenters. The van der Waals surface area contributed by atoms with E-state index in [0.717, 1.165) is 6.42 Å². The topological polar surface area (TPSA) is 84.5 Å². The van der Waals surface area contributed by atoms with Gasteiger partial charge in [-0.15, -0.1) is 11.3 Å². The monoisotopic (exact) mass is 368 g/mol. The highest BCUT2D eigenvalue weighted by Gasteiger charge is 2.19. The molecule has 1 heterocycles. The first kappa shape index (κ1) is 18.4. The Kier molecular flexibility index (Phi) is 6.36. The number of methoxy groups -OCH3 is 1. The van der Waals surface area contributed by atoms with Gasteiger partial charge in [0.15, 0.2) is 0 Å². The predicted molar refractivity (Wildman–Crippen MR) is 94.2 cm³/mol. The minimum Gasteiger partial charge on any atom is -0.496 e. The van der Waals surface area contributed by atoms with Gasteiger partial charge in [0.1, 0.15) is 5.75 Å². The number of benzene rings is 1. The summed E-state index contributed by atoms with van der Waals surface area (Å²) in [6, 6.07) is 8.19. The number of nitrogens with one attached hydrogen (secondary N) is 2. The number of amides is 1. The van der Waals surface area contributed by atoms with Gasteiger partial charge >= 0.3 is 0 Å². The third-order valence-corrected chi connectivity index (χ3v) is 5.78. The Morgan fingerprint density at radius 3 is 2.71 bits per heavy atom. The average Bonchev–Trinajstić information content (AvgIpc) is 3.07. The van der Waals surface area contributed by atoms with Gasteiger partial charge in [-0.2, -0.15) is 0 Å². The van der Waals surface area contributed by atoms with E-state index in [1.807, 2.05) is 17.5 Å². The molecule has 0 fully saturated rings. The molecule has 0 unspecified atom stereocenters. The van der Waals surface area contributed by atoms with E-state index < -0.39 is 10.0 Å². The average molecular weight is 368 g/mol. The van der Waals surface area contributed by atoms with E-state index in [0.29, 0.717) is 12.3 Å². The van der Waals surface area contributed by atoms with Crippen LogP contribution < -0.4 is 14.8 Å². The molecule has 0 saturated carbocycles. The summed E-state index contributed by atoms with van der Waals surface area (Å²) >= 11 is 1.63. The highest BCUT2D eigenvalue weighted by Crippen LogP contribution is 2.22. The van der Waals surface area contributed by atoms with E-state index >= 15 is 0 Å². The van der Waals surface area contributed by atoms with Crippen molar-refractivity contribution in [3.63, 3.8) is 0 Å². The fourth-order valence-corrected chi connectivity index (χ4v) is 3.93. The standard InChI is InChI=1S/C16H20N2O4S2/c1-3-18-24(20,21)13-6-7-15(22-2)14(11-13)16(19)17-9-8-12-5-4-10-23-12/h4-7,10-11,18H,3,8-9H2,1-2H3,(H,17,19). The van der Waals surface area contributed by atoms with Crippen molar-refractivity contribution in [2.24, 2.45) is 0 Å². The molecule has 2 aromatic rings. The summed E-state index contributed by atoms with van der Waals surface area (Å²) in [6.45, 7) is 2.43. The Bertz CT molecular complexity index is 786. The summed E-state index contributed by atoms with van der Waals surface area (Å²) in [5.74, 6) is -0.0315. The molecule has 6 nitrogen and oxygen atoms in total. The molecule has 0 spiro atoms. The number of carbonyl (C=O) groups excluding carboxylic acids is 1. The molecule has 0 bridgehead atoms. The fraction of sp³-hybridized carbons (Fsp3) is 0.312. The minimum atomic E-state index is -3.63. The Hall–Kier alpha value is -1.90. The van der Waals surface area contributed by atoms with Crippen LogP contribution >= 0.6 is 11.3 Å². The van der Waals surface area contributed by atoms with Gasteiger partial charge in [0.2, 0.25) is 10.0 Å². The van der Waals surface area contributed by atoms with Crippen molar-refractivity contribution < 1.29 is 17.9 Å². The molecule has 1 amide bonds. The number of ether oxygens (including phenoxy) is 1. The Morgan fingerprint density at radius 1 is 1.29 bits per heavy atom. The Morgan fingerprint density at radius 2 is 2.08 bits per heavy atom. The van der Waals surface area contributed by atoms with Crippen molar-refractivity contribution in [2.45, 2.75) is 18.2 Å². The number of thiophene rings is 1. The molecule has 0 aliphatic rings. The molecule has 1 aromatic heterocycles. The van der Waals surface area contributed by atoms with Crippen LogP contribution in [0.3, 0.4) is 0 Å². The molecule has 2 rings (SSSR count). The summed E-state index contributed by atoms with van der Waals surface area (Å²) in [5.41, 5.74) is 0.197.